The van der Waals surface area contributed by atoms with E-state index in [-0.39, 0.29) is 11.5 Å². The maximum absolute atomic E-state index is 14.5. The fourth-order valence-corrected chi connectivity index (χ4v) is 9.14. The molecule has 6 rings (SSSR count). The lowest BCUT2D eigenvalue weighted by molar-refractivity contribution is -0.127. The predicted molar refractivity (Wildman–Crippen MR) is 205 cm³/mol. The molecule has 0 saturated heterocycles. The molecule has 1 aliphatic rings. The summed E-state index contributed by atoms with van der Waals surface area (Å²) in [6.07, 6.45) is 1.90. The minimum Gasteiger partial charge on any atom is -0.496 e. The van der Waals surface area contributed by atoms with Gasteiger partial charge in [0.05, 0.1) is 30.1 Å². The monoisotopic (exact) mass is 869 g/mol. The molecule has 2 heterocycles. The number of amides is 1. The second kappa shape index (κ2) is 14.3. The quantitative estimate of drug-likeness (QED) is 0.149. The lowest BCUT2D eigenvalue weighted by Gasteiger charge is -2.30. The highest BCUT2D eigenvalue weighted by molar-refractivity contribution is 14.1. The Morgan fingerprint density at radius 1 is 1.00 bits per heavy atom. The van der Waals surface area contributed by atoms with Gasteiger partial charge >= 0.3 is 0 Å². The molecule has 1 aromatic heterocycles. The third kappa shape index (κ3) is 6.51. The molecular weight excluding hydrogens is 836 g/mol. The molecule has 7 nitrogen and oxygen atoms in total. The summed E-state index contributed by atoms with van der Waals surface area (Å²) in [6, 6.07) is 25.3. The molecule has 0 spiro atoms. The molecular formula is C37H33I2N3O4S. The number of likely N-dealkylation sites (N-methyl/N-ethyl adjacent to an activating group) is 1. The summed E-state index contributed by atoms with van der Waals surface area (Å²) >= 11 is 5.89. The topological polar surface area (TPSA) is 73.1 Å². The van der Waals surface area contributed by atoms with Crippen molar-refractivity contribution in [3.63, 3.8) is 0 Å². The van der Waals surface area contributed by atoms with Gasteiger partial charge in [-0.2, -0.15) is 0 Å². The Labute approximate surface area is 304 Å². The number of hydrogen-bond acceptors (Lipinski definition) is 6. The smallest absolute Gasteiger partial charge is 0.271 e. The number of hydrogen-bond donors (Lipinski definition) is 0. The van der Waals surface area contributed by atoms with Crippen LogP contribution in [0.3, 0.4) is 0 Å². The standard InChI is InChI=1S/C37H33I2N3O4S/c1-5-41(6-2)36(44)31-22(3)40-37-42(33(31)32-26-15-11-10-14-25(26)16-17-29(32)45-4)35(43)30(47-37)20-24-18-27(38)34(28(39)19-24)46-21-23-12-8-7-9-13-23/h7-20,33H,5-6,21H2,1-4H3/b30-20+/t33-/m1/s1. The van der Waals surface area contributed by atoms with E-state index in [1.807, 2.05) is 106 Å². The van der Waals surface area contributed by atoms with Crippen LogP contribution < -0.4 is 24.4 Å². The van der Waals surface area contributed by atoms with E-state index < -0.39 is 6.04 Å². The number of thiazole rings is 1. The van der Waals surface area contributed by atoms with E-state index in [0.717, 1.165) is 40.4 Å². The average Bonchev–Trinajstić information content (AvgIpc) is 3.37. The summed E-state index contributed by atoms with van der Waals surface area (Å²) < 4.78 is 16.2. The van der Waals surface area contributed by atoms with E-state index in [0.29, 0.717) is 46.0 Å². The van der Waals surface area contributed by atoms with Gasteiger partial charge < -0.3 is 14.4 Å². The number of benzene rings is 4. The van der Waals surface area contributed by atoms with Gasteiger partial charge in [0.15, 0.2) is 4.80 Å². The second-order valence-electron chi connectivity index (χ2n) is 11.0. The molecule has 1 atom stereocenters. The number of carbonyl (C=O) groups excluding carboxylic acids is 1. The van der Waals surface area contributed by atoms with Gasteiger partial charge in [0.25, 0.3) is 11.5 Å². The lowest BCUT2D eigenvalue weighted by atomic mass is 9.90. The maximum Gasteiger partial charge on any atom is 0.271 e. The molecule has 1 amide bonds. The van der Waals surface area contributed by atoms with Gasteiger partial charge in [-0.1, -0.05) is 72.0 Å². The van der Waals surface area contributed by atoms with Crippen molar-refractivity contribution in [2.45, 2.75) is 33.4 Å². The summed E-state index contributed by atoms with van der Waals surface area (Å²) in [5.41, 5.74) is 3.61. The van der Waals surface area contributed by atoms with Crippen molar-refractivity contribution in [2.75, 3.05) is 20.2 Å². The largest absolute Gasteiger partial charge is 0.496 e. The molecule has 0 bridgehead atoms. The third-order valence-electron chi connectivity index (χ3n) is 8.27. The molecule has 0 saturated carbocycles. The number of carbonyl (C=O) groups is 1. The molecule has 4 aromatic carbocycles. The van der Waals surface area contributed by atoms with E-state index in [1.54, 1.807) is 16.6 Å². The summed E-state index contributed by atoms with van der Waals surface area (Å²) in [5, 5.41) is 1.91. The van der Waals surface area contributed by atoms with Crippen molar-refractivity contribution in [3.8, 4) is 11.5 Å². The summed E-state index contributed by atoms with van der Waals surface area (Å²) in [4.78, 5) is 35.9. The van der Waals surface area contributed by atoms with Gasteiger partial charge in [-0.3, -0.25) is 14.2 Å². The lowest BCUT2D eigenvalue weighted by Crippen LogP contribution is -2.43. The Kier molecular flexibility index (Phi) is 10.2. The maximum atomic E-state index is 14.5. The van der Waals surface area contributed by atoms with E-state index in [4.69, 9.17) is 14.5 Å². The Morgan fingerprint density at radius 3 is 2.36 bits per heavy atom. The van der Waals surface area contributed by atoms with Crippen molar-refractivity contribution >= 4 is 79.3 Å². The van der Waals surface area contributed by atoms with Gasteiger partial charge in [-0.15, -0.1) is 0 Å². The van der Waals surface area contributed by atoms with E-state index in [9.17, 15) is 9.59 Å². The molecule has 0 N–H and O–H groups in total. The Balaban J connectivity index is 1.51. The number of aromatic nitrogens is 1. The Bertz CT molecular complexity index is 2180. The molecule has 0 radical (unpaired) electrons. The minimum atomic E-state index is -0.725. The van der Waals surface area contributed by atoms with Gasteiger partial charge in [0, 0.05) is 18.7 Å². The number of nitrogens with zero attached hydrogens (tertiary/aromatic N) is 3. The minimum absolute atomic E-state index is 0.138. The Hall–Kier alpha value is -3.49. The molecule has 47 heavy (non-hydrogen) atoms. The fourth-order valence-electron chi connectivity index (χ4n) is 5.97. The van der Waals surface area contributed by atoms with E-state index in [1.165, 1.54) is 11.3 Å². The number of ether oxygens (including phenoxy) is 2. The average molecular weight is 870 g/mol. The number of fused-ring (bicyclic) bond motifs is 2. The van der Waals surface area contributed by atoms with Gasteiger partial charge in [0.1, 0.15) is 24.1 Å². The van der Waals surface area contributed by atoms with Crippen LogP contribution >= 0.6 is 56.5 Å². The summed E-state index contributed by atoms with van der Waals surface area (Å²) in [5.74, 6) is 1.28. The van der Waals surface area contributed by atoms with Crippen molar-refractivity contribution in [1.82, 2.24) is 9.47 Å². The summed E-state index contributed by atoms with van der Waals surface area (Å²) in [6.45, 7) is 7.33. The molecule has 5 aromatic rings. The number of halogens is 2. The van der Waals surface area contributed by atoms with Crippen LogP contribution in [0.15, 0.2) is 99.9 Å². The SMILES string of the molecule is CCN(CC)C(=O)C1=C(C)N=c2s/c(=C/c3cc(I)c(OCc4ccccc4)c(I)c3)c(=O)n2[C@H]1c1c(OC)ccc2ccccc12. The zero-order valence-corrected chi connectivity index (χ0v) is 31.6. The van der Waals surface area contributed by atoms with Crippen LogP contribution in [-0.4, -0.2) is 35.6 Å². The first-order valence-electron chi connectivity index (χ1n) is 15.3. The van der Waals surface area contributed by atoms with Gasteiger partial charge in [-0.25, -0.2) is 4.99 Å². The molecule has 0 aliphatic carbocycles. The van der Waals surface area contributed by atoms with E-state index >= 15 is 0 Å². The molecule has 0 fully saturated rings. The van der Waals surface area contributed by atoms with Crippen LogP contribution in [0, 0.1) is 7.14 Å². The van der Waals surface area contributed by atoms with Crippen LogP contribution in [0.25, 0.3) is 16.8 Å². The van der Waals surface area contributed by atoms with Crippen LogP contribution in [0.1, 0.15) is 43.5 Å². The van der Waals surface area contributed by atoms with Crippen LogP contribution in [0.2, 0.25) is 0 Å². The third-order valence-corrected chi connectivity index (χ3v) is 10.9. The first-order chi connectivity index (χ1) is 22.7. The highest BCUT2D eigenvalue weighted by Gasteiger charge is 2.36. The number of methoxy groups -OCH3 is 1. The zero-order chi connectivity index (χ0) is 33.2. The van der Waals surface area contributed by atoms with Gasteiger partial charge in [-0.05, 0) is 112 Å². The molecule has 0 unspecified atom stereocenters. The van der Waals surface area contributed by atoms with Crippen LogP contribution in [0.4, 0.5) is 0 Å². The van der Waals surface area contributed by atoms with Gasteiger partial charge in [0.2, 0.25) is 0 Å². The van der Waals surface area contributed by atoms with Crippen molar-refractivity contribution in [1.29, 1.82) is 0 Å². The first-order valence-corrected chi connectivity index (χ1v) is 18.3. The van der Waals surface area contributed by atoms with Crippen molar-refractivity contribution in [2.24, 2.45) is 4.99 Å². The zero-order valence-electron chi connectivity index (χ0n) is 26.4. The molecule has 1 aliphatic heterocycles. The first kappa shape index (κ1) is 33.4. The fraction of sp³-hybridized carbons (Fsp3) is 0.216. The molecule has 10 heteroatoms. The predicted octanol–water partition coefficient (Wildman–Crippen LogP) is 7.05. The second-order valence-corrected chi connectivity index (χ2v) is 14.4. The van der Waals surface area contributed by atoms with Crippen molar-refractivity contribution < 1.29 is 14.3 Å². The number of rotatable bonds is 9. The van der Waals surface area contributed by atoms with Crippen LogP contribution in [0.5, 0.6) is 11.5 Å². The normalized spacial score (nSPS) is 14.6. The van der Waals surface area contributed by atoms with Crippen LogP contribution in [-0.2, 0) is 11.4 Å². The Morgan fingerprint density at radius 2 is 1.68 bits per heavy atom. The van der Waals surface area contributed by atoms with E-state index in [2.05, 4.69) is 45.2 Å². The molecule has 240 valence electrons. The highest BCUT2D eigenvalue weighted by atomic mass is 127. The summed E-state index contributed by atoms with van der Waals surface area (Å²) in [7, 11) is 1.62. The number of allylic oxidation sites excluding steroid dienone is 1. The van der Waals surface area contributed by atoms with Crippen molar-refractivity contribution in [3.05, 3.63) is 134 Å². The highest BCUT2D eigenvalue weighted by Crippen LogP contribution is 2.40.